The molecule has 1 aromatic carbocycles. The fraction of sp³-hybridized carbons (Fsp3) is 0.545. The van der Waals surface area contributed by atoms with E-state index in [-0.39, 0.29) is 17.7 Å². The summed E-state index contributed by atoms with van der Waals surface area (Å²) in [7, 11) is 0. The van der Waals surface area contributed by atoms with Gasteiger partial charge in [0.2, 0.25) is 5.91 Å². The normalized spacial score (nSPS) is 21.2. The van der Waals surface area contributed by atoms with E-state index in [1.54, 1.807) is 0 Å². The van der Waals surface area contributed by atoms with E-state index in [0.29, 0.717) is 18.4 Å². The van der Waals surface area contributed by atoms with Gasteiger partial charge in [-0.25, -0.2) is 4.79 Å². The van der Waals surface area contributed by atoms with Gasteiger partial charge in [0.1, 0.15) is 5.82 Å². The zero-order valence-electron chi connectivity index (χ0n) is 17.3. The standard InChI is InChI=1S/C22H29N5O2S/c1-15-7-5-6-10-18(15)23-21(29)24-19(28)14-30-22-26-25-20(17-11-12-17)27(22)13-16-8-3-2-4-9-16/h2-4,8-9,15,17-18H,5-7,10-14H2,1H3,(H2,23,24,28,29). The quantitative estimate of drug-likeness (QED) is 0.658. The molecule has 2 N–H and O–H groups in total. The largest absolute Gasteiger partial charge is 0.335 e. The van der Waals surface area contributed by atoms with Crippen molar-refractivity contribution in [2.45, 2.75) is 69.1 Å². The second-order valence-corrected chi connectivity index (χ2v) is 9.31. The van der Waals surface area contributed by atoms with E-state index in [1.165, 1.54) is 23.7 Å². The Hall–Kier alpha value is -2.35. The first-order valence-electron chi connectivity index (χ1n) is 10.8. The van der Waals surface area contributed by atoms with Crippen LogP contribution in [0.4, 0.5) is 4.79 Å². The van der Waals surface area contributed by atoms with Crippen LogP contribution in [0, 0.1) is 5.92 Å². The van der Waals surface area contributed by atoms with Crippen LogP contribution in [-0.4, -0.2) is 38.5 Å². The first-order chi connectivity index (χ1) is 14.6. The third-order valence-corrected chi connectivity index (χ3v) is 6.85. The van der Waals surface area contributed by atoms with E-state index in [9.17, 15) is 9.59 Å². The number of imide groups is 1. The number of carbonyl (C=O) groups is 2. The lowest BCUT2D eigenvalue weighted by Gasteiger charge is -2.29. The Morgan fingerprint density at radius 3 is 2.60 bits per heavy atom. The molecule has 1 aromatic heterocycles. The number of aromatic nitrogens is 3. The Bertz CT molecular complexity index is 881. The minimum absolute atomic E-state index is 0.130. The van der Waals surface area contributed by atoms with E-state index >= 15 is 0 Å². The van der Waals surface area contributed by atoms with Crippen molar-refractivity contribution in [1.82, 2.24) is 25.4 Å². The van der Waals surface area contributed by atoms with Crippen molar-refractivity contribution in [3.63, 3.8) is 0 Å². The zero-order valence-corrected chi connectivity index (χ0v) is 18.2. The van der Waals surface area contributed by atoms with E-state index in [1.807, 2.05) is 18.2 Å². The number of hydrogen-bond donors (Lipinski definition) is 2. The highest BCUT2D eigenvalue weighted by atomic mass is 32.2. The SMILES string of the molecule is CC1CCCCC1NC(=O)NC(=O)CSc1nnc(C2CC2)n1Cc1ccccc1. The molecular formula is C22H29N5O2S. The molecule has 7 nitrogen and oxygen atoms in total. The van der Waals surface area contributed by atoms with Gasteiger partial charge in [-0.2, -0.15) is 0 Å². The van der Waals surface area contributed by atoms with Gasteiger partial charge in [0, 0.05) is 12.0 Å². The minimum Gasteiger partial charge on any atom is -0.335 e. The number of rotatable bonds is 7. The van der Waals surface area contributed by atoms with E-state index in [2.05, 4.69) is 44.5 Å². The second-order valence-electron chi connectivity index (χ2n) is 8.37. The first kappa shape index (κ1) is 20.9. The number of carbonyl (C=O) groups excluding carboxylic acids is 2. The summed E-state index contributed by atoms with van der Waals surface area (Å²) in [5.74, 6) is 1.72. The van der Waals surface area contributed by atoms with Gasteiger partial charge < -0.3 is 9.88 Å². The highest BCUT2D eigenvalue weighted by molar-refractivity contribution is 7.99. The molecule has 0 radical (unpaired) electrons. The lowest BCUT2D eigenvalue weighted by molar-refractivity contribution is -0.117. The van der Waals surface area contributed by atoms with Crippen molar-refractivity contribution in [3.8, 4) is 0 Å². The zero-order chi connectivity index (χ0) is 20.9. The van der Waals surface area contributed by atoms with Crippen molar-refractivity contribution < 1.29 is 9.59 Å². The van der Waals surface area contributed by atoms with Crippen LogP contribution in [0.5, 0.6) is 0 Å². The molecule has 3 amide bonds. The maximum atomic E-state index is 12.3. The molecule has 0 bridgehead atoms. The van der Waals surface area contributed by atoms with Gasteiger partial charge in [-0.05, 0) is 37.2 Å². The van der Waals surface area contributed by atoms with Gasteiger partial charge in [0.05, 0.1) is 12.3 Å². The van der Waals surface area contributed by atoms with Crippen LogP contribution in [0.15, 0.2) is 35.5 Å². The predicted octanol–water partition coefficient (Wildman–Crippen LogP) is 3.70. The molecule has 2 fully saturated rings. The van der Waals surface area contributed by atoms with Crippen LogP contribution in [0.3, 0.4) is 0 Å². The van der Waals surface area contributed by atoms with Gasteiger partial charge in [-0.15, -0.1) is 10.2 Å². The lowest BCUT2D eigenvalue weighted by atomic mass is 9.86. The Morgan fingerprint density at radius 1 is 1.10 bits per heavy atom. The fourth-order valence-corrected chi connectivity index (χ4v) is 4.74. The number of nitrogens with one attached hydrogen (secondary N) is 2. The molecule has 4 rings (SSSR count). The third-order valence-electron chi connectivity index (χ3n) is 5.88. The number of nitrogens with zero attached hydrogens (tertiary/aromatic N) is 3. The summed E-state index contributed by atoms with van der Waals surface area (Å²) in [5, 5.41) is 14.8. The van der Waals surface area contributed by atoms with Gasteiger partial charge in [-0.1, -0.05) is 61.9 Å². The fourth-order valence-electron chi connectivity index (χ4n) is 3.99. The molecule has 2 saturated carbocycles. The molecule has 160 valence electrons. The number of benzene rings is 1. The second kappa shape index (κ2) is 9.64. The smallest absolute Gasteiger partial charge is 0.321 e. The van der Waals surface area contributed by atoms with Crippen LogP contribution in [0.2, 0.25) is 0 Å². The molecule has 8 heteroatoms. The average Bonchev–Trinajstić information content (AvgIpc) is 3.51. The molecule has 2 aromatic rings. The molecule has 0 saturated heterocycles. The Labute approximate surface area is 181 Å². The summed E-state index contributed by atoms with van der Waals surface area (Å²) >= 11 is 1.33. The first-order valence-corrected chi connectivity index (χ1v) is 11.8. The summed E-state index contributed by atoms with van der Waals surface area (Å²) in [6.45, 7) is 2.84. The number of amides is 3. The van der Waals surface area contributed by atoms with Crippen molar-refractivity contribution in [2.75, 3.05) is 5.75 Å². The summed E-state index contributed by atoms with van der Waals surface area (Å²) in [5.41, 5.74) is 1.17. The van der Waals surface area contributed by atoms with Gasteiger partial charge in [0.25, 0.3) is 0 Å². The molecule has 30 heavy (non-hydrogen) atoms. The molecule has 2 atom stereocenters. The summed E-state index contributed by atoms with van der Waals surface area (Å²) in [6.07, 6.45) is 6.71. The average molecular weight is 428 g/mol. The predicted molar refractivity (Wildman–Crippen MR) is 116 cm³/mol. The maximum absolute atomic E-state index is 12.3. The molecular weight excluding hydrogens is 398 g/mol. The van der Waals surface area contributed by atoms with Gasteiger partial charge in [0.15, 0.2) is 5.16 Å². The third kappa shape index (κ3) is 5.41. The molecule has 2 aliphatic rings. The van der Waals surface area contributed by atoms with Gasteiger partial charge in [-0.3, -0.25) is 10.1 Å². The van der Waals surface area contributed by atoms with Crippen molar-refractivity contribution in [3.05, 3.63) is 41.7 Å². The monoisotopic (exact) mass is 427 g/mol. The van der Waals surface area contributed by atoms with Crippen LogP contribution < -0.4 is 10.6 Å². The highest BCUT2D eigenvalue weighted by Crippen LogP contribution is 2.40. The number of hydrogen-bond acceptors (Lipinski definition) is 5. The van der Waals surface area contributed by atoms with Crippen LogP contribution >= 0.6 is 11.8 Å². The van der Waals surface area contributed by atoms with Crippen molar-refractivity contribution >= 4 is 23.7 Å². The van der Waals surface area contributed by atoms with E-state index in [0.717, 1.165) is 43.1 Å². The molecule has 1 heterocycles. The molecule has 0 spiro atoms. The summed E-state index contributed by atoms with van der Waals surface area (Å²) in [6, 6.07) is 9.93. The molecule has 0 aliphatic heterocycles. The van der Waals surface area contributed by atoms with E-state index < -0.39 is 6.03 Å². The highest BCUT2D eigenvalue weighted by Gasteiger charge is 2.30. The minimum atomic E-state index is -0.399. The van der Waals surface area contributed by atoms with E-state index in [4.69, 9.17) is 0 Å². The van der Waals surface area contributed by atoms with Crippen molar-refractivity contribution in [1.29, 1.82) is 0 Å². The maximum Gasteiger partial charge on any atom is 0.321 e. The summed E-state index contributed by atoms with van der Waals surface area (Å²) < 4.78 is 2.11. The summed E-state index contributed by atoms with van der Waals surface area (Å²) in [4.78, 5) is 24.5. The number of thioether (sulfide) groups is 1. The Morgan fingerprint density at radius 2 is 1.87 bits per heavy atom. The number of urea groups is 1. The lowest BCUT2D eigenvalue weighted by Crippen LogP contribution is -2.48. The van der Waals surface area contributed by atoms with Crippen molar-refractivity contribution in [2.24, 2.45) is 5.92 Å². The molecule has 2 aliphatic carbocycles. The van der Waals surface area contributed by atoms with Crippen LogP contribution in [-0.2, 0) is 11.3 Å². The van der Waals surface area contributed by atoms with Crippen LogP contribution in [0.1, 0.15) is 62.8 Å². The Kier molecular flexibility index (Phi) is 6.72. The molecule has 2 unspecified atom stereocenters. The topological polar surface area (TPSA) is 88.9 Å². The van der Waals surface area contributed by atoms with Gasteiger partial charge >= 0.3 is 6.03 Å². The van der Waals surface area contributed by atoms with Crippen LogP contribution in [0.25, 0.3) is 0 Å². The Balaban J connectivity index is 1.33.